The molecule has 3 fully saturated rings. The van der Waals surface area contributed by atoms with E-state index in [1.807, 2.05) is 20.8 Å². The number of hydrogen-bond donors (Lipinski definition) is 2. The molecule has 1 unspecified atom stereocenters. The molecule has 2 N–H and O–H groups in total. The Labute approximate surface area is 156 Å². The molecule has 1 heterocycles. The van der Waals surface area contributed by atoms with Crippen LogP contribution in [-0.4, -0.2) is 52.3 Å². The topological polar surface area (TPSA) is 78.9 Å². The molecule has 1 aliphatic heterocycles. The Balaban J connectivity index is 1.70. The molecule has 2 saturated carbocycles. The first-order chi connectivity index (χ1) is 12.0. The highest BCUT2D eigenvalue weighted by Gasteiger charge is 2.67. The number of ether oxygens (including phenoxy) is 1. The number of piperidine rings is 1. The Morgan fingerprint density at radius 3 is 2.50 bits per heavy atom. The monoisotopic (exact) mass is 366 g/mol. The number of carbonyl (C=O) groups is 2. The van der Waals surface area contributed by atoms with E-state index in [4.69, 9.17) is 4.74 Å². The van der Waals surface area contributed by atoms with Gasteiger partial charge in [-0.3, -0.25) is 9.69 Å². The van der Waals surface area contributed by atoms with Crippen molar-refractivity contribution in [1.82, 2.24) is 10.2 Å². The van der Waals surface area contributed by atoms with E-state index in [9.17, 15) is 14.7 Å². The van der Waals surface area contributed by atoms with Gasteiger partial charge in [-0.15, -0.1) is 0 Å². The number of likely N-dealkylation sites (tertiary alicyclic amines) is 1. The lowest BCUT2D eigenvalue weighted by molar-refractivity contribution is -0.127. The van der Waals surface area contributed by atoms with Gasteiger partial charge >= 0.3 is 6.09 Å². The standard InChI is InChI=1S/C20H34N2O4/c1-18(2,3)26-17(25)22-14(10-20(12-23)11-15(20)22)16(24)21-13-7-6-8-19(4,5)9-13/h13-15,23H,6-12H2,1-5H3,(H,21,24)/t13?,14-,15+,20-/m0/s1. The summed E-state index contributed by atoms with van der Waals surface area (Å²) in [6, 6.07) is -0.463. The van der Waals surface area contributed by atoms with Gasteiger partial charge in [0, 0.05) is 17.5 Å². The number of hydrogen-bond acceptors (Lipinski definition) is 4. The maximum atomic E-state index is 13.0. The fourth-order valence-corrected chi connectivity index (χ4v) is 4.78. The molecule has 0 aromatic heterocycles. The molecule has 4 atom stereocenters. The summed E-state index contributed by atoms with van der Waals surface area (Å²) < 4.78 is 5.54. The number of rotatable bonds is 3. The number of nitrogens with zero attached hydrogens (tertiary/aromatic N) is 1. The Hall–Kier alpha value is -1.30. The van der Waals surface area contributed by atoms with Crippen molar-refractivity contribution in [1.29, 1.82) is 0 Å². The van der Waals surface area contributed by atoms with Gasteiger partial charge in [0.25, 0.3) is 0 Å². The van der Waals surface area contributed by atoms with Crippen LogP contribution in [0, 0.1) is 10.8 Å². The summed E-state index contributed by atoms with van der Waals surface area (Å²) in [6.07, 6.45) is 5.08. The van der Waals surface area contributed by atoms with Gasteiger partial charge in [-0.25, -0.2) is 4.79 Å². The number of amides is 2. The van der Waals surface area contributed by atoms with Crippen LogP contribution in [0.2, 0.25) is 0 Å². The highest BCUT2D eigenvalue weighted by molar-refractivity contribution is 5.87. The molecule has 0 spiro atoms. The summed E-state index contributed by atoms with van der Waals surface area (Å²) in [5.41, 5.74) is -0.680. The second-order valence-electron chi connectivity index (χ2n) is 10.3. The maximum Gasteiger partial charge on any atom is 0.411 e. The molecule has 0 aromatic rings. The fourth-order valence-electron chi connectivity index (χ4n) is 4.78. The molecule has 2 amide bonds. The third-order valence-electron chi connectivity index (χ3n) is 6.19. The highest BCUT2D eigenvalue weighted by Crippen LogP contribution is 2.59. The molecular formula is C20H34N2O4. The summed E-state index contributed by atoms with van der Waals surface area (Å²) in [6.45, 7) is 9.97. The van der Waals surface area contributed by atoms with Crippen molar-refractivity contribution in [2.45, 2.75) is 96.9 Å². The Bertz CT molecular complexity index is 583. The summed E-state index contributed by atoms with van der Waals surface area (Å²) in [4.78, 5) is 27.3. The van der Waals surface area contributed by atoms with Crippen LogP contribution in [-0.2, 0) is 9.53 Å². The van der Waals surface area contributed by atoms with Crippen molar-refractivity contribution < 1.29 is 19.4 Å². The van der Waals surface area contributed by atoms with Gasteiger partial charge in [0.2, 0.25) is 5.91 Å². The highest BCUT2D eigenvalue weighted by atomic mass is 16.6. The van der Waals surface area contributed by atoms with Crippen molar-refractivity contribution in [2.75, 3.05) is 6.61 Å². The Morgan fingerprint density at radius 1 is 1.23 bits per heavy atom. The predicted molar refractivity (Wildman–Crippen MR) is 98.6 cm³/mol. The van der Waals surface area contributed by atoms with Gasteiger partial charge in [0.1, 0.15) is 11.6 Å². The predicted octanol–water partition coefficient (Wildman–Crippen LogP) is 2.83. The fraction of sp³-hybridized carbons (Fsp3) is 0.900. The quantitative estimate of drug-likeness (QED) is 0.805. The molecular weight excluding hydrogens is 332 g/mol. The van der Waals surface area contributed by atoms with E-state index in [1.165, 1.54) is 6.42 Å². The van der Waals surface area contributed by atoms with Crippen LogP contribution in [0.3, 0.4) is 0 Å². The summed E-state index contributed by atoms with van der Waals surface area (Å²) in [5.74, 6) is -0.0985. The van der Waals surface area contributed by atoms with Crippen LogP contribution >= 0.6 is 0 Å². The molecule has 0 bridgehead atoms. The van der Waals surface area contributed by atoms with Crippen molar-refractivity contribution in [2.24, 2.45) is 10.8 Å². The zero-order valence-electron chi connectivity index (χ0n) is 16.8. The number of aliphatic hydroxyl groups excluding tert-OH is 1. The molecule has 26 heavy (non-hydrogen) atoms. The molecule has 1 saturated heterocycles. The SMILES string of the molecule is CC1(C)CCCC(NC(=O)[C@@H]2C[C@@]3(CO)C[C@H]3N2C(=O)OC(C)(C)C)C1. The molecule has 6 nitrogen and oxygen atoms in total. The van der Waals surface area contributed by atoms with Crippen LogP contribution in [0.5, 0.6) is 0 Å². The first-order valence-corrected chi connectivity index (χ1v) is 9.89. The lowest BCUT2D eigenvalue weighted by Gasteiger charge is -2.37. The molecule has 3 aliphatic rings. The summed E-state index contributed by atoms with van der Waals surface area (Å²) >= 11 is 0. The van der Waals surface area contributed by atoms with Crippen LogP contribution in [0.25, 0.3) is 0 Å². The zero-order chi connectivity index (χ0) is 19.3. The van der Waals surface area contributed by atoms with Gasteiger partial charge < -0.3 is 15.2 Å². The molecule has 0 radical (unpaired) electrons. The van der Waals surface area contributed by atoms with Crippen molar-refractivity contribution in [3.05, 3.63) is 0 Å². The van der Waals surface area contributed by atoms with Crippen molar-refractivity contribution in [3.8, 4) is 0 Å². The van der Waals surface area contributed by atoms with Crippen LogP contribution in [0.15, 0.2) is 0 Å². The third kappa shape index (κ3) is 3.85. The lowest BCUT2D eigenvalue weighted by Crippen LogP contribution is -2.52. The van der Waals surface area contributed by atoms with Gasteiger partial charge in [-0.2, -0.15) is 0 Å². The molecule has 148 valence electrons. The van der Waals surface area contributed by atoms with Crippen molar-refractivity contribution in [3.63, 3.8) is 0 Å². The minimum absolute atomic E-state index is 0.0111. The molecule has 2 aliphatic carbocycles. The van der Waals surface area contributed by atoms with Crippen LogP contribution < -0.4 is 5.32 Å². The molecule has 6 heteroatoms. The lowest BCUT2D eigenvalue weighted by atomic mass is 9.75. The van der Waals surface area contributed by atoms with E-state index in [-0.39, 0.29) is 35.4 Å². The number of aliphatic hydroxyl groups is 1. The number of nitrogens with one attached hydrogen (secondary N) is 1. The number of fused-ring (bicyclic) bond motifs is 1. The van der Waals surface area contributed by atoms with E-state index in [0.29, 0.717) is 6.42 Å². The maximum absolute atomic E-state index is 13.0. The smallest absolute Gasteiger partial charge is 0.411 e. The second kappa shape index (κ2) is 6.39. The molecule has 3 rings (SSSR count). The van der Waals surface area contributed by atoms with E-state index >= 15 is 0 Å². The summed E-state index contributed by atoms with van der Waals surface area (Å²) in [7, 11) is 0. The Kier molecular flexibility index (Phi) is 4.79. The average molecular weight is 367 g/mol. The zero-order valence-corrected chi connectivity index (χ0v) is 16.8. The van der Waals surface area contributed by atoms with Gasteiger partial charge in [0.15, 0.2) is 0 Å². The minimum atomic E-state index is -0.606. The normalized spacial score (nSPS) is 35.6. The molecule has 0 aromatic carbocycles. The van der Waals surface area contributed by atoms with Gasteiger partial charge in [-0.05, 0) is 58.3 Å². The minimum Gasteiger partial charge on any atom is -0.444 e. The average Bonchev–Trinajstić information content (AvgIpc) is 3.09. The van der Waals surface area contributed by atoms with Crippen LogP contribution in [0.1, 0.15) is 73.1 Å². The third-order valence-corrected chi connectivity index (χ3v) is 6.19. The largest absolute Gasteiger partial charge is 0.444 e. The van der Waals surface area contributed by atoms with Crippen LogP contribution in [0.4, 0.5) is 4.79 Å². The van der Waals surface area contributed by atoms with E-state index in [2.05, 4.69) is 19.2 Å². The Morgan fingerprint density at radius 2 is 1.92 bits per heavy atom. The first-order valence-electron chi connectivity index (χ1n) is 9.89. The number of carbonyl (C=O) groups excluding carboxylic acids is 2. The van der Waals surface area contributed by atoms with E-state index < -0.39 is 17.7 Å². The van der Waals surface area contributed by atoms with Gasteiger partial charge in [0.05, 0.1) is 6.61 Å². The van der Waals surface area contributed by atoms with Gasteiger partial charge in [-0.1, -0.05) is 20.3 Å². The first kappa shape index (κ1) is 19.5. The van der Waals surface area contributed by atoms with Crippen molar-refractivity contribution >= 4 is 12.0 Å². The van der Waals surface area contributed by atoms with E-state index in [1.54, 1.807) is 4.90 Å². The van der Waals surface area contributed by atoms with E-state index in [0.717, 1.165) is 25.7 Å². The summed E-state index contributed by atoms with van der Waals surface area (Å²) in [5, 5.41) is 13.0. The second-order valence-corrected chi connectivity index (χ2v) is 10.3.